The summed E-state index contributed by atoms with van der Waals surface area (Å²) in [5.41, 5.74) is 2.06. The van der Waals surface area contributed by atoms with Gasteiger partial charge in [0.15, 0.2) is 0 Å². The molecule has 0 aromatic heterocycles. The molecule has 0 saturated heterocycles. The highest BCUT2D eigenvalue weighted by Crippen LogP contribution is 2.45. The summed E-state index contributed by atoms with van der Waals surface area (Å²) in [5.74, 6) is 0.474. The van der Waals surface area contributed by atoms with E-state index in [-0.39, 0.29) is 4.90 Å². The first-order valence-corrected chi connectivity index (χ1v) is 8.68. The average molecular weight is 313 g/mol. The Balaban J connectivity index is 2.02. The van der Waals surface area contributed by atoms with Crippen LogP contribution in [0.3, 0.4) is 0 Å². The monoisotopic (exact) mass is 313 g/mol. The Bertz CT molecular complexity index is 890. The van der Waals surface area contributed by atoms with Crippen LogP contribution in [-0.2, 0) is 10.0 Å². The first-order chi connectivity index (χ1) is 10.6. The van der Waals surface area contributed by atoms with E-state index in [9.17, 15) is 8.42 Å². The first kappa shape index (κ1) is 13.3. The van der Waals surface area contributed by atoms with Crippen LogP contribution in [0, 0.1) is 0 Å². The predicted molar refractivity (Wildman–Crippen MR) is 87.3 cm³/mol. The first-order valence-electron chi connectivity index (χ1n) is 7.24. The lowest BCUT2D eigenvalue weighted by Gasteiger charge is -2.27. The molecule has 0 spiro atoms. The fourth-order valence-corrected chi connectivity index (χ4v) is 4.54. The standard InChI is InChI=1S/C16H15N3O2S/c1-2-11-18-13-8-4-5-9-14(13)19-16(18)17-12-7-3-6-10-15(12)22(19,20)21/h3-10H,2,11H2,1H3. The summed E-state index contributed by atoms with van der Waals surface area (Å²) in [5, 5.41) is 0. The Labute approximate surface area is 129 Å². The van der Waals surface area contributed by atoms with Gasteiger partial charge in [0.1, 0.15) is 4.90 Å². The van der Waals surface area contributed by atoms with Crippen molar-refractivity contribution in [2.24, 2.45) is 4.99 Å². The van der Waals surface area contributed by atoms with Crippen LogP contribution in [0.1, 0.15) is 13.3 Å². The molecule has 2 aromatic carbocycles. The Morgan fingerprint density at radius 1 is 1.00 bits per heavy atom. The van der Waals surface area contributed by atoms with Gasteiger partial charge in [-0.25, -0.2) is 17.7 Å². The topological polar surface area (TPSA) is 53.0 Å². The minimum absolute atomic E-state index is 0.256. The lowest BCUT2D eigenvalue weighted by Crippen LogP contribution is -2.44. The molecule has 2 aromatic rings. The minimum Gasteiger partial charge on any atom is -0.309 e. The maximum Gasteiger partial charge on any atom is 0.273 e. The van der Waals surface area contributed by atoms with E-state index in [1.165, 1.54) is 4.31 Å². The Morgan fingerprint density at radius 3 is 2.45 bits per heavy atom. The van der Waals surface area contributed by atoms with Crippen LogP contribution in [0.25, 0.3) is 0 Å². The molecular formula is C16H15N3O2S. The summed E-state index contributed by atoms with van der Waals surface area (Å²) in [4.78, 5) is 6.84. The second-order valence-electron chi connectivity index (χ2n) is 5.29. The molecule has 5 nitrogen and oxygen atoms in total. The van der Waals surface area contributed by atoms with Gasteiger partial charge < -0.3 is 4.90 Å². The highest BCUT2D eigenvalue weighted by Gasteiger charge is 2.44. The molecule has 22 heavy (non-hydrogen) atoms. The molecule has 2 aliphatic rings. The van der Waals surface area contributed by atoms with E-state index in [0.29, 0.717) is 17.3 Å². The predicted octanol–water partition coefficient (Wildman–Crippen LogP) is 3.11. The zero-order valence-corrected chi connectivity index (χ0v) is 12.9. The molecule has 0 unspecified atom stereocenters. The van der Waals surface area contributed by atoms with Gasteiger partial charge in [-0.05, 0) is 30.7 Å². The van der Waals surface area contributed by atoms with Crippen molar-refractivity contribution in [3.63, 3.8) is 0 Å². The number of hydrogen-bond acceptors (Lipinski definition) is 4. The number of benzene rings is 2. The largest absolute Gasteiger partial charge is 0.309 e. The highest BCUT2D eigenvalue weighted by molar-refractivity contribution is 7.94. The van der Waals surface area contributed by atoms with Crippen LogP contribution in [0.5, 0.6) is 0 Å². The number of para-hydroxylation sites is 3. The molecule has 0 aliphatic carbocycles. The maximum atomic E-state index is 13.0. The lowest BCUT2D eigenvalue weighted by atomic mass is 10.2. The zero-order valence-electron chi connectivity index (χ0n) is 12.1. The third kappa shape index (κ3) is 1.64. The molecule has 0 radical (unpaired) electrons. The number of guanidine groups is 1. The van der Waals surface area contributed by atoms with E-state index in [1.54, 1.807) is 24.3 Å². The molecular weight excluding hydrogens is 298 g/mol. The molecule has 0 bridgehead atoms. The fraction of sp³-hybridized carbons (Fsp3) is 0.188. The van der Waals surface area contributed by atoms with Gasteiger partial charge in [0.2, 0.25) is 5.96 Å². The van der Waals surface area contributed by atoms with Crippen molar-refractivity contribution >= 4 is 33.0 Å². The molecule has 2 aliphatic heterocycles. The average Bonchev–Trinajstić information content (AvgIpc) is 2.83. The van der Waals surface area contributed by atoms with Gasteiger partial charge in [-0.3, -0.25) is 0 Å². The van der Waals surface area contributed by atoms with Crippen LogP contribution in [0.2, 0.25) is 0 Å². The van der Waals surface area contributed by atoms with Gasteiger partial charge in [0.05, 0.1) is 17.1 Å². The van der Waals surface area contributed by atoms with Crippen molar-refractivity contribution in [2.75, 3.05) is 15.7 Å². The second kappa shape index (κ2) is 4.58. The van der Waals surface area contributed by atoms with Crippen molar-refractivity contribution in [1.29, 1.82) is 0 Å². The summed E-state index contributed by atoms with van der Waals surface area (Å²) in [7, 11) is -3.62. The van der Waals surface area contributed by atoms with Crippen molar-refractivity contribution in [3.05, 3.63) is 48.5 Å². The van der Waals surface area contributed by atoms with Gasteiger partial charge >= 0.3 is 0 Å². The van der Waals surface area contributed by atoms with Crippen LogP contribution in [-0.4, -0.2) is 20.9 Å². The van der Waals surface area contributed by atoms with Crippen molar-refractivity contribution in [3.8, 4) is 0 Å². The highest BCUT2D eigenvalue weighted by atomic mass is 32.2. The van der Waals surface area contributed by atoms with E-state index in [4.69, 9.17) is 0 Å². The van der Waals surface area contributed by atoms with Crippen molar-refractivity contribution in [2.45, 2.75) is 18.2 Å². The number of aliphatic imine (C=N–C) groups is 1. The molecule has 6 heteroatoms. The van der Waals surface area contributed by atoms with Gasteiger partial charge in [0.25, 0.3) is 10.0 Å². The third-order valence-corrected chi connectivity index (χ3v) is 5.61. The van der Waals surface area contributed by atoms with Crippen molar-refractivity contribution in [1.82, 2.24) is 0 Å². The van der Waals surface area contributed by atoms with E-state index in [0.717, 1.165) is 18.7 Å². The molecule has 112 valence electrons. The number of fused-ring (bicyclic) bond motifs is 4. The molecule has 0 fully saturated rings. The molecule has 0 saturated carbocycles. The van der Waals surface area contributed by atoms with E-state index >= 15 is 0 Å². The van der Waals surface area contributed by atoms with Gasteiger partial charge in [-0.2, -0.15) is 0 Å². The van der Waals surface area contributed by atoms with E-state index in [1.807, 2.05) is 29.2 Å². The lowest BCUT2D eigenvalue weighted by molar-refractivity contribution is 0.596. The maximum absolute atomic E-state index is 13.0. The number of nitrogens with zero attached hydrogens (tertiary/aromatic N) is 3. The fourth-order valence-electron chi connectivity index (χ4n) is 2.95. The third-order valence-electron chi connectivity index (χ3n) is 3.87. The Hall–Kier alpha value is -2.34. The number of sulfonamides is 1. The van der Waals surface area contributed by atoms with Crippen LogP contribution in [0.15, 0.2) is 58.4 Å². The molecule has 2 heterocycles. The molecule has 0 amide bonds. The smallest absolute Gasteiger partial charge is 0.273 e. The number of rotatable bonds is 2. The van der Waals surface area contributed by atoms with Crippen LogP contribution >= 0.6 is 0 Å². The quantitative estimate of drug-likeness (QED) is 0.856. The van der Waals surface area contributed by atoms with Gasteiger partial charge in [-0.1, -0.05) is 31.2 Å². The van der Waals surface area contributed by atoms with E-state index < -0.39 is 10.0 Å². The summed E-state index contributed by atoms with van der Waals surface area (Å²) in [6, 6.07) is 14.4. The van der Waals surface area contributed by atoms with Crippen LogP contribution in [0.4, 0.5) is 17.1 Å². The minimum atomic E-state index is -3.62. The number of hydrogen-bond donors (Lipinski definition) is 0. The van der Waals surface area contributed by atoms with E-state index in [2.05, 4.69) is 11.9 Å². The second-order valence-corrected chi connectivity index (χ2v) is 7.04. The molecule has 0 N–H and O–H groups in total. The Kier molecular flexibility index (Phi) is 2.77. The summed E-state index contributed by atoms with van der Waals surface area (Å²) in [6.45, 7) is 2.79. The summed E-state index contributed by atoms with van der Waals surface area (Å²) in [6.07, 6.45) is 0.906. The SMILES string of the molecule is CCCN1C2=Nc3ccccc3S(=O)(=O)N2c2ccccc21. The van der Waals surface area contributed by atoms with Gasteiger partial charge in [-0.15, -0.1) is 0 Å². The van der Waals surface area contributed by atoms with Gasteiger partial charge in [0, 0.05) is 6.54 Å². The zero-order chi connectivity index (χ0) is 15.3. The normalized spacial score (nSPS) is 17.6. The Morgan fingerprint density at radius 2 is 1.68 bits per heavy atom. The van der Waals surface area contributed by atoms with Crippen LogP contribution < -0.4 is 9.21 Å². The van der Waals surface area contributed by atoms with Crippen molar-refractivity contribution < 1.29 is 8.42 Å². The molecule has 0 atom stereocenters. The molecule has 4 rings (SSSR count). The summed E-state index contributed by atoms with van der Waals surface area (Å²) < 4.78 is 27.4. The number of anilines is 2. The summed E-state index contributed by atoms with van der Waals surface area (Å²) >= 11 is 0.